The van der Waals surface area contributed by atoms with Gasteiger partial charge in [-0.25, -0.2) is 4.79 Å². The first kappa shape index (κ1) is 15.6. The van der Waals surface area contributed by atoms with Crippen molar-refractivity contribution in [1.82, 2.24) is 4.90 Å². The number of carbonyl (C=O) groups is 2. The number of hydrogen-bond donors (Lipinski definition) is 1. The Morgan fingerprint density at radius 1 is 1.48 bits per heavy atom. The Kier molecular flexibility index (Phi) is 5.07. The van der Waals surface area contributed by atoms with Crippen molar-refractivity contribution in [2.45, 2.75) is 19.8 Å². The SMILES string of the molecule is C[C@@H]1CCCN(C(=O)COC(=O)c2cc(Cl)ccc2O)C1. The average molecular weight is 312 g/mol. The van der Waals surface area contributed by atoms with Crippen LogP contribution in [0.4, 0.5) is 0 Å². The topological polar surface area (TPSA) is 66.8 Å². The van der Waals surface area contributed by atoms with E-state index < -0.39 is 5.97 Å². The number of ether oxygens (including phenoxy) is 1. The van der Waals surface area contributed by atoms with Gasteiger partial charge in [-0.05, 0) is 37.0 Å². The molecule has 1 saturated heterocycles. The zero-order valence-corrected chi connectivity index (χ0v) is 12.6. The molecule has 114 valence electrons. The number of amides is 1. The lowest BCUT2D eigenvalue weighted by atomic mass is 10.0. The number of phenolic OH excluding ortho intramolecular Hbond substituents is 1. The molecule has 0 radical (unpaired) electrons. The first-order valence-electron chi connectivity index (χ1n) is 6.91. The van der Waals surface area contributed by atoms with Crippen LogP contribution < -0.4 is 0 Å². The summed E-state index contributed by atoms with van der Waals surface area (Å²) in [6, 6.07) is 4.09. The summed E-state index contributed by atoms with van der Waals surface area (Å²) in [4.78, 5) is 25.6. The third-order valence-electron chi connectivity index (χ3n) is 3.51. The molecule has 21 heavy (non-hydrogen) atoms. The molecular formula is C15H18ClNO4. The van der Waals surface area contributed by atoms with Gasteiger partial charge >= 0.3 is 5.97 Å². The van der Waals surface area contributed by atoms with E-state index in [4.69, 9.17) is 16.3 Å². The average Bonchev–Trinajstić information content (AvgIpc) is 2.47. The van der Waals surface area contributed by atoms with Gasteiger partial charge in [0.2, 0.25) is 0 Å². The number of carbonyl (C=O) groups excluding carboxylic acids is 2. The highest BCUT2D eigenvalue weighted by atomic mass is 35.5. The van der Waals surface area contributed by atoms with Crippen molar-refractivity contribution < 1.29 is 19.4 Å². The van der Waals surface area contributed by atoms with Gasteiger partial charge in [-0.2, -0.15) is 0 Å². The fraction of sp³-hybridized carbons (Fsp3) is 0.467. The Morgan fingerprint density at radius 2 is 2.24 bits per heavy atom. The zero-order chi connectivity index (χ0) is 15.4. The zero-order valence-electron chi connectivity index (χ0n) is 11.8. The number of benzene rings is 1. The second kappa shape index (κ2) is 6.80. The van der Waals surface area contributed by atoms with Crippen LogP contribution in [0.2, 0.25) is 5.02 Å². The second-order valence-corrected chi connectivity index (χ2v) is 5.76. The van der Waals surface area contributed by atoms with Gasteiger partial charge in [-0.3, -0.25) is 4.79 Å². The first-order valence-corrected chi connectivity index (χ1v) is 7.28. The number of halogens is 1. The smallest absolute Gasteiger partial charge is 0.342 e. The van der Waals surface area contributed by atoms with Gasteiger partial charge < -0.3 is 14.7 Å². The molecular weight excluding hydrogens is 294 g/mol. The number of aromatic hydroxyl groups is 1. The van der Waals surface area contributed by atoms with Crippen molar-refractivity contribution in [3.05, 3.63) is 28.8 Å². The van der Waals surface area contributed by atoms with Gasteiger partial charge in [0.1, 0.15) is 11.3 Å². The first-order chi connectivity index (χ1) is 9.97. The van der Waals surface area contributed by atoms with E-state index >= 15 is 0 Å². The van der Waals surface area contributed by atoms with E-state index in [2.05, 4.69) is 6.92 Å². The molecule has 0 aromatic heterocycles. The maximum Gasteiger partial charge on any atom is 0.342 e. The minimum Gasteiger partial charge on any atom is -0.507 e. The van der Waals surface area contributed by atoms with Gasteiger partial charge in [-0.1, -0.05) is 18.5 Å². The molecule has 0 saturated carbocycles. The standard InChI is InChI=1S/C15H18ClNO4/c1-10-3-2-6-17(8-10)14(19)9-21-15(20)12-7-11(16)4-5-13(12)18/h4-5,7,10,18H,2-3,6,8-9H2,1H3/t10-/m1/s1. The summed E-state index contributed by atoms with van der Waals surface area (Å²) in [6.45, 7) is 3.16. The lowest BCUT2D eigenvalue weighted by Crippen LogP contribution is -2.41. The van der Waals surface area contributed by atoms with E-state index in [-0.39, 0.29) is 23.8 Å². The van der Waals surface area contributed by atoms with Crippen molar-refractivity contribution in [1.29, 1.82) is 0 Å². The summed E-state index contributed by atoms with van der Waals surface area (Å²) in [6.07, 6.45) is 2.08. The summed E-state index contributed by atoms with van der Waals surface area (Å²) >= 11 is 5.77. The van der Waals surface area contributed by atoms with Crippen molar-refractivity contribution in [2.75, 3.05) is 19.7 Å². The molecule has 0 unspecified atom stereocenters. The van der Waals surface area contributed by atoms with Crippen molar-refractivity contribution in [3.63, 3.8) is 0 Å². The predicted octanol–water partition coefficient (Wildman–Crippen LogP) is 2.46. The predicted molar refractivity (Wildman–Crippen MR) is 78.4 cm³/mol. The van der Waals surface area contributed by atoms with Gasteiger partial charge in [0, 0.05) is 18.1 Å². The molecule has 1 aromatic carbocycles. The fourth-order valence-corrected chi connectivity index (χ4v) is 2.56. The van der Waals surface area contributed by atoms with Gasteiger partial charge in [0.15, 0.2) is 6.61 Å². The van der Waals surface area contributed by atoms with Crippen LogP contribution in [0.3, 0.4) is 0 Å². The van der Waals surface area contributed by atoms with Crippen molar-refractivity contribution in [3.8, 4) is 5.75 Å². The highest BCUT2D eigenvalue weighted by Gasteiger charge is 2.22. The van der Waals surface area contributed by atoms with Gasteiger partial charge in [-0.15, -0.1) is 0 Å². The van der Waals surface area contributed by atoms with E-state index in [1.807, 2.05) is 0 Å². The lowest BCUT2D eigenvalue weighted by Gasteiger charge is -2.30. The maximum atomic E-state index is 12.0. The Balaban J connectivity index is 1.91. The van der Waals surface area contributed by atoms with Crippen LogP contribution in [0.5, 0.6) is 5.75 Å². The molecule has 1 aromatic rings. The number of rotatable bonds is 3. The molecule has 1 N–H and O–H groups in total. The maximum absolute atomic E-state index is 12.0. The number of nitrogens with zero attached hydrogens (tertiary/aromatic N) is 1. The van der Waals surface area contributed by atoms with Crippen LogP contribution in [-0.2, 0) is 9.53 Å². The largest absolute Gasteiger partial charge is 0.507 e. The van der Waals surface area contributed by atoms with Crippen molar-refractivity contribution in [2.24, 2.45) is 5.92 Å². The highest BCUT2D eigenvalue weighted by Crippen LogP contribution is 2.22. The van der Waals surface area contributed by atoms with E-state index in [9.17, 15) is 14.7 Å². The van der Waals surface area contributed by atoms with E-state index in [0.717, 1.165) is 12.8 Å². The van der Waals surface area contributed by atoms with Crippen molar-refractivity contribution >= 4 is 23.5 Å². The molecule has 1 heterocycles. The van der Waals surface area contributed by atoms with Crippen LogP contribution in [-0.4, -0.2) is 41.6 Å². The Labute approximate surface area is 128 Å². The third kappa shape index (κ3) is 4.11. The molecule has 0 spiro atoms. The van der Waals surface area contributed by atoms with Crippen LogP contribution in [0.15, 0.2) is 18.2 Å². The quantitative estimate of drug-likeness (QED) is 0.871. The number of piperidine rings is 1. The van der Waals surface area contributed by atoms with Crippen LogP contribution in [0.25, 0.3) is 0 Å². The minimum absolute atomic E-state index is 0.0395. The van der Waals surface area contributed by atoms with E-state index in [1.165, 1.54) is 18.2 Å². The summed E-state index contributed by atoms with van der Waals surface area (Å²) in [5, 5.41) is 9.91. The molecule has 2 rings (SSSR count). The molecule has 0 aliphatic carbocycles. The molecule has 1 fully saturated rings. The molecule has 1 amide bonds. The molecule has 1 atom stereocenters. The van der Waals surface area contributed by atoms with E-state index in [0.29, 0.717) is 24.0 Å². The molecule has 1 aliphatic heterocycles. The van der Waals surface area contributed by atoms with E-state index in [1.54, 1.807) is 4.90 Å². The molecule has 0 bridgehead atoms. The minimum atomic E-state index is -0.756. The summed E-state index contributed by atoms with van der Waals surface area (Å²) < 4.78 is 4.97. The number of esters is 1. The van der Waals surface area contributed by atoms with Crippen LogP contribution in [0, 0.1) is 5.92 Å². The monoisotopic (exact) mass is 311 g/mol. The van der Waals surface area contributed by atoms with Crippen LogP contribution >= 0.6 is 11.6 Å². The van der Waals surface area contributed by atoms with Gasteiger partial charge in [0.05, 0.1) is 0 Å². The molecule has 5 nitrogen and oxygen atoms in total. The van der Waals surface area contributed by atoms with Crippen LogP contribution in [0.1, 0.15) is 30.1 Å². The summed E-state index contributed by atoms with van der Waals surface area (Å²) in [5.41, 5.74) is -0.0395. The molecule has 6 heteroatoms. The number of hydrogen-bond acceptors (Lipinski definition) is 4. The Hall–Kier alpha value is -1.75. The number of phenols is 1. The number of likely N-dealkylation sites (tertiary alicyclic amines) is 1. The summed E-state index contributed by atoms with van der Waals surface area (Å²) in [5.74, 6) is -0.719. The Morgan fingerprint density at radius 3 is 2.95 bits per heavy atom. The lowest BCUT2D eigenvalue weighted by molar-refractivity contribution is -0.136. The Bertz CT molecular complexity index is 546. The summed E-state index contributed by atoms with van der Waals surface area (Å²) in [7, 11) is 0. The molecule has 1 aliphatic rings. The fourth-order valence-electron chi connectivity index (χ4n) is 2.38. The van der Waals surface area contributed by atoms with Gasteiger partial charge in [0.25, 0.3) is 5.91 Å². The highest BCUT2D eigenvalue weighted by molar-refractivity contribution is 6.31. The normalized spacial score (nSPS) is 18.4. The second-order valence-electron chi connectivity index (χ2n) is 5.32. The third-order valence-corrected chi connectivity index (χ3v) is 3.75.